The molecule has 0 radical (unpaired) electrons. The van der Waals surface area contributed by atoms with E-state index < -0.39 is 61.8 Å². The minimum atomic E-state index is -3.83. The van der Waals surface area contributed by atoms with E-state index in [2.05, 4.69) is 33.3 Å². The van der Waals surface area contributed by atoms with Crippen LogP contribution in [0.2, 0.25) is 0 Å². The summed E-state index contributed by atoms with van der Waals surface area (Å²) in [5.41, 5.74) is 0.643. The van der Waals surface area contributed by atoms with Crippen molar-refractivity contribution in [1.82, 2.24) is 14.7 Å². The number of hydrogen-bond acceptors (Lipinski definition) is 11. The van der Waals surface area contributed by atoms with Crippen molar-refractivity contribution in [2.24, 2.45) is 34.5 Å². The normalized spacial score (nSPS) is 26.4. The number of aromatic nitrogens is 2. The number of allylic oxidation sites excluding steroid dienone is 1. The van der Waals surface area contributed by atoms with E-state index in [-0.39, 0.29) is 49.6 Å². The topological polar surface area (TPSA) is 162 Å². The molecular weight excluding hydrogens is 673 g/mol. The van der Waals surface area contributed by atoms with Gasteiger partial charge in [0.05, 0.1) is 24.2 Å². The molecule has 1 N–H and O–H groups in total. The third-order valence-electron chi connectivity index (χ3n) is 11.2. The first-order valence-electron chi connectivity index (χ1n) is 17.8. The standard InChI is InChI=1S/C38H48N4O8S/c1-6-25-20-38(25,35(46)41-51(47,48)27-11-12-27)21-31(43)28-17-26(18-29(28)34(45)30(37(2,3)4)19-33(44)49-5)50-32-13-15-39-36(40-32)42-16-14-23-9-7-8-10-24(23)22-42/h6-10,13,15,25-30H,1,11-12,14,16-22H2,2-5H3,(H,41,46)/t25?,26-,28-,29?,30-,38?/m1/s1. The molecule has 274 valence electrons. The Hall–Kier alpha value is -4.13. The van der Waals surface area contributed by atoms with Crippen LogP contribution in [-0.4, -0.2) is 66.8 Å². The fraction of sp³-hybridized carbons (Fsp3) is 0.579. The van der Waals surface area contributed by atoms with Crippen LogP contribution >= 0.6 is 0 Å². The van der Waals surface area contributed by atoms with E-state index in [4.69, 9.17) is 14.5 Å². The van der Waals surface area contributed by atoms with Gasteiger partial charge in [0.2, 0.25) is 27.8 Å². The predicted molar refractivity (Wildman–Crippen MR) is 189 cm³/mol. The summed E-state index contributed by atoms with van der Waals surface area (Å²) in [7, 11) is -2.56. The predicted octanol–water partition coefficient (Wildman–Crippen LogP) is 4.37. The molecule has 12 nitrogen and oxygen atoms in total. The molecule has 1 aromatic heterocycles. The second-order valence-electron chi connectivity index (χ2n) is 15.7. The molecule has 3 saturated carbocycles. The van der Waals surface area contributed by atoms with Crippen molar-refractivity contribution >= 4 is 39.4 Å². The molecule has 13 heteroatoms. The molecule has 2 aromatic rings. The highest BCUT2D eigenvalue weighted by Crippen LogP contribution is 2.57. The van der Waals surface area contributed by atoms with Crippen molar-refractivity contribution in [1.29, 1.82) is 0 Å². The quantitative estimate of drug-likeness (QED) is 0.218. The van der Waals surface area contributed by atoms with E-state index in [1.54, 1.807) is 18.3 Å². The van der Waals surface area contributed by atoms with Crippen LogP contribution in [-0.2, 0) is 46.9 Å². The molecule has 0 spiro atoms. The zero-order valence-electron chi connectivity index (χ0n) is 29.8. The summed E-state index contributed by atoms with van der Waals surface area (Å²) in [6, 6.07) is 9.92. The summed E-state index contributed by atoms with van der Waals surface area (Å²) in [6.07, 6.45) is 4.81. The van der Waals surface area contributed by atoms with Crippen LogP contribution in [0.3, 0.4) is 0 Å². The van der Waals surface area contributed by atoms with Gasteiger partial charge in [-0.1, -0.05) is 51.1 Å². The Kier molecular flexibility index (Phi) is 10.1. The number of nitrogens with one attached hydrogen (secondary N) is 1. The summed E-state index contributed by atoms with van der Waals surface area (Å²) < 4.78 is 38.9. The highest BCUT2D eigenvalue weighted by atomic mass is 32.2. The van der Waals surface area contributed by atoms with Crippen LogP contribution in [0.25, 0.3) is 0 Å². The number of carbonyl (C=O) groups excluding carboxylic acids is 4. The molecule has 2 heterocycles. The summed E-state index contributed by atoms with van der Waals surface area (Å²) in [6.45, 7) is 10.8. The first-order chi connectivity index (χ1) is 24.1. The van der Waals surface area contributed by atoms with Crippen LogP contribution in [0.5, 0.6) is 5.88 Å². The SMILES string of the molecule is C=CC1CC1(CC(=O)[C@@H]1C[C@@H](Oc2ccnc(N3CCc4ccccc4C3)n2)CC1C(=O)[C@@H](CC(=O)OC)C(C)(C)C)C(=O)NS(=O)(=O)C1CC1. The first-order valence-corrected chi connectivity index (χ1v) is 19.3. The number of esters is 1. The number of amides is 1. The largest absolute Gasteiger partial charge is 0.474 e. The number of rotatable bonds is 14. The van der Waals surface area contributed by atoms with Gasteiger partial charge >= 0.3 is 5.97 Å². The van der Waals surface area contributed by atoms with Gasteiger partial charge in [0.15, 0.2) is 0 Å². The number of Topliss-reactive ketones (excluding diaryl/α,β-unsaturated/α-hetero) is 2. The molecule has 6 rings (SSSR count). The van der Waals surface area contributed by atoms with Crippen LogP contribution in [0.4, 0.5) is 5.95 Å². The van der Waals surface area contributed by atoms with Gasteiger partial charge in [-0.2, -0.15) is 4.98 Å². The van der Waals surface area contributed by atoms with E-state index in [9.17, 15) is 27.6 Å². The van der Waals surface area contributed by atoms with E-state index in [1.165, 1.54) is 18.2 Å². The minimum Gasteiger partial charge on any atom is -0.474 e. The zero-order valence-corrected chi connectivity index (χ0v) is 30.6. The smallest absolute Gasteiger partial charge is 0.306 e. The number of fused-ring (bicyclic) bond motifs is 1. The van der Waals surface area contributed by atoms with Gasteiger partial charge in [-0.25, -0.2) is 13.4 Å². The third-order valence-corrected chi connectivity index (χ3v) is 13.0. The molecular formula is C38H48N4O8S. The van der Waals surface area contributed by atoms with Crippen LogP contribution in [0, 0.1) is 34.5 Å². The summed E-state index contributed by atoms with van der Waals surface area (Å²) in [4.78, 5) is 65.9. The molecule has 1 aliphatic heterocycles. The van der Waals surface area contributed by atoms with Crippen molar-refractivity contribution in [3.8, 4) is 5.88 Å². The van der Waals surface area contributed by atoms with Gasteiger partial charge < -0.3 is 14.4 Å². The Morgan fingerprint density at radius 1 is 1.10 bits per heavy atom. The number of nitrogens with zero attached hydrogens (tertiary/aromatic N) is 3. The van der Waals surface area contributed by atoms with Crippen molar-refractivity contribution in [3.05, 3.63) is 60.3 Å². The lowest BCUT2D eigenvalue weighted by atomic mass is 9.70. The van der Waals surface area contributed by atoms with Gasteiger partial charge in [-0.3, -0.25) is 23.9 Å². The number of ether oxygens (including phenoxy) is 2. The third kappa shape index (κ3) is 7.88. The van der Waals surface area contributed by atoms with Gasteiger partial charge in [0.1, 0.15) is 17.7 Å². The van der Waals surface area contributed by atoms with E-state index >= 15 is 0 Å². The van der Waals surface area contributed by atoms with E-state index in [1.807, 2.05) is 32.9 Å². The van der Waals surface area contributed by atoms with Crippen molar-refractivity contribution in [2.75, 3.05) is 18.6 Å². The molecule has 1 amide bonds. The Morgan fingerprint density at radius 2 is 1.80 bits per heavy atom. The summed E-state index contributed by atoms with van der Waals surface area (Å²) in [5.74, 6) is -3.67. The summed E-state index contributed by atoms with van der Waals surface area (Å²) in [5, 5.41) is -0.595. The minimum absolute atomic E-state index is 0.139. The number of anilines is 1. The molecule has 0 saturated heterocycles. The number of benzene rings is 1. The number of hydrogen-bond donors (Lipinski definition) is 1. The number of methoxy groups -OCH3 is 1. The molecule has 4 aliphatic rings. The molecule has 1 aromatic carbocycles. The maximum absolute atomic E-state index is 14.4. The highest BCUT2D eigenvalue weighted by molar-refractivity contribution is 7.90. The van der Waals surface area contributed by atoms with E-state index in [0.717, 1.165) is 13.0 Å². The molecule has 6 atom stereocenters. The highest BCUT2D eigenvalue weighted by Gasteiger charge is 2.61. The number of carbonyl (C=O) groups is 4. The van der Waals surface area contributed by atoms with Gasteiger partial charge in [-0.05, 0) is 61.0 Å². The lowest BCUT2D eigenvalue weighted by Gasteiger charge is -2.32. The number of sulfonamides is 1. The Balaban J connectivity index is 1.23. The lowest BCUT2D eigenvalue weighted by molar-refractivity contribution is -0.147. The van der Waals surface area contributed by atoms with Crippen molar-refractivity contribution < 1.29 is 37.1 Å². The Morgan fingerprint density at radius 3 is 2.45 bits per heavy atom. The lowest BCUT2D eigenvalue weighted by Crippen LogP contribution is -2.42. The maximum Gasteiger partial charge on any atom is 0.306 e. The average Bonchev–Trinajstić information content (AvgIpc) is 4.03. The van der Waals surface area contributed by atoms with Gasteiger partial charge in [0, 0.05) is 49.5 Å². The summed E-state index contributed by atoms with van der Waals surface area (Å²) >= 11 is 0. The van der Waals surface area contributed by atoms with Crippen molar-refractivity contribution in [3.63, 3.8) is 0 Å². The first kappa shape index (κ1) is 36.7. The average molecular weight is 721 g/mol. The van der Waals surface area contributed by atoms with Crippen LogP contribution < -0.4 is 14.4 Å². The van der Waals surface area contributed by atoms with Gasteiger partial charge in [0.25, 0.3) is 0 Å². The van der Waals surface area contributed by atoms with E-state index in [0.29, 0.717) is 31.2 Å². The Bertz CT molecular complexity index is 1820. The monoisotopic (exact) mass is 720 g/mol. The zero-order chi connectivity index (χ0) is 36.7. The molecule has 3 unspecified atom stereocenters. The van der Waals surface area contributed by atoms with Gasteiger partial charge in [-0.15, -0.1) is 6.58 Å². The number of ketones is 2. The molecule has 0 bridgehead atoms. The maximum atomic E-state index is 14.4. The Labute approximate surface area is 299 Å². The molecule has 51 heavy (non-hydrogen) atoms. The van der Waals surface area contributed by atoms with Crippen LogP contribution in [0.15, 0.2) is 49.2 Å². The molecule has 3 fully saturated rings. The van der Waals surface area contributed by atoms with Crippen molar-refractivity contribution in [2.45, 2.75) is 90.0 Å². The fourth-order valence-electron chi connectivity index (χ4n) is 7.81. The second-order valence-corrected chi connectivity index (χ2v) is 17.6. The second kappa shape index (κ2) is 14.1. The van der Waals surface area contributed by atoms with Crippen LogP contribution in [0.1, 0.15) is 76.8 Å². The molecule has 3 aliphatic carbocycles. The fourth-order valence-corrected chi connectivity index (χ4v) is 9.19.